The Balaban J connectivity index is 1.81. The molecule has 17 heavy (non-hydrogen) atoms. The largest absolute Gasteiger partial charge is 0.491 e. The molecule has 0 unspecified atom stereocenters. The van der Waals surface area contributed by atoms with E-state index in [-0.39, 0.29) is 5.82 Å². The van der Waals surface area contributed by atoms with Gasteiger partial charge in [0.15, 0.2) is 11.6 Å². The fourth-order valence-corrected chi connectivity index (χ4v) is 1.84. The van der Waals surface area contributed by atoms with Gasteiger partial charge in [-0.05, 0) is 30.5 Å². The summed E-state index contributed by atoms with van der Waals surface area (Å²) in [5.74, 6) is 0.776. The normalized spacial score (nSPS) is 15.6. The predicted molar refractivity (Wildman–Crippen MR) is 65.6 cm³/mol. The second-order valence-corrected chi connectivity index (χ2v) is 4.35. The molecule has 0 saturated carbocycles. The summed E-state index contributed by atoms with van der Waals surface area (Å²) in [4.78, 5) is 0. The molecule has 0 aliphatic carbocycles. The maximum atomic E-state index is 13.5. The van der Waals surface area contributed by atoms with Gasteiger partial charge in [0.05, 0.1) is 6.61 Å². The second-order valence-electron chi connectivity index (χ2n) is 4.35. The summed E-state index contributed by atoms with van der Waals surface area (Å²) in [5.41, 5.74) is 0.957. The summed E-state index contributed by atoms with van der Waals surface area (Å²) in [7, 11) is 0. The van der Waals surface area contributed by atoms with Gasteiger partial charge in [-0.15, -0.1) is 0 Å². The van der Waals surface area contributed by atoms with Crippen molar-refractivity contribution in [1.29, 1.82) is 0 Å². The number of hydrogen-bond acceptors (Lipinski definition) is 3. The first kappa shape index (κ1) is 12.3. The topological polar surface area (TPSA) is 33.3 Å². The van der Waals surface area contributed by atoms with E-state index in [0.29, 0.717) is 18.9 Å². The van der Waals surface area contributed by atoms with E-state index in [1.54, 1.807) is 6.07 Å². The Morgan fingerprint density at radius 3 is 2.88 bits per heavy atom. The molecule has 3 nitrogen and oxygen atoms in total. The molecule has 1 aromatic rings. The lowest BCUT2D eigenvalue weighted by molar-refractivity contribution is 0.320. The van der Waals surface area contributed by atoms with Crippen LogP contribution in [0.3, 0.4) is 0 Å². The Labute approximate surface area is 101 Å². The molecule has 0 amide bonds. The first-order valence-corrected chi connectivity index (χ1v) is 6.12. The van der Waals surface area contributed by atoms with E-state index in [0.717, 1.165) is 31.1 Å². The fraction of sp³-hybridized carbons (Fsp3) is 0.538. The molecule has 0 aromatic heterocycles. The third-order valence-corrected chi connectivity index (χ3v) is 2.92. The highest BCUT2D eigenvalue weighted by Gasteiger charge is 2.15. The number of rotatable bonds is 6. The van der Waals surface area contributed by atoms with E-state index in [4.69, 9.17) is 4.74 Å². The Morgan fingerprint density at radius 2 is 2.29 bits per heavy atom. The molecule has 0 spiro atoms. The van der Waals surface area contributed by atoms with Gasteiger partial charge in [-0.25, -0.2) is 4.39 Å². The highest BCUT2D eigenvalue weighted by atomic mass is 19.1. The average molecular weight is 238 g/mol. The maximum absolute atomic E-state index is 13.5. The first-order valence-electron chi connectivity index (χ1n) is 6.12. The van der Waals surface area contributed by atoms with Gasteiger partial charge in [0.1, 0.15) is 0 Å². The van der Waals surface area contributed by atoms with Gasteiger partial charge >= 0.3 is 0 Å². The van der Waals surface area contributed by atoms with Gasteiger partial charge in [-0.1, -0.05) is 6.07 Å². The molecule has 2 N–H and O–H groups in total. The SMILES string of the molecule is CCOc1ccc(CNCC2CNC2)cc1F. The lowest BCUT2D eigenvalue weighted by Crippen LogP contribution is -2.47. The summed E-state index contributed by atoms with van der Waals surface area (Å²) in [6, 6.07) is 5.14. The van der Waals surface area contributed by atoms with Crippen molar-refractivity contribution in [3.63, 3.8) is 0 Å². The molecular weight excluding hydrogens is 219 g/mol. The van der Waals surface area contributed by atoms with Crippen molar-refractivity contribution in [3.05, 3.63) is 29.6 Å². The van der Waals surface area contributed by atoms with E-state index in [2.05, 4.69) is 10.6 Å². The predicted octanol–water partition coefficient (Wildman–Crippen LogP) is 1.53. The number of halogens is 1. The van der Waals surface area contributed by atoms with Crippen LogP contribution in [0, 0.1) is 11.7 Å². The Kier molecular flexibility index (Phi) is 4.34. The van der Waals surface area contributed by atoms with Crippen molar-refractivity contribution in [1.82, 2.24) is 10.6 Å². The van der Waals surface area contributed by atoms with Crippen LogP contribution in [-0.2, 0) is 6.54 Å². The minimum atomic E-state index is -0.281. The van der Waals surface area contributed by atoms with Crippen LogP contribution in [0.15, 0.2) is 18.2 Å². The molecule has 0 radical (unpaired) electrons. The minimum absolute atomic E-state index is 0.281. The van der Waals surface area contributed by atoms with Gasteiger partial charge in [-0.2, -0.15) is 0 Å². The van der Waals surface area contributed by atoms with Crippen LogP contribution in [0.2, 0.25) is 0 Å². The van der Waals surface area contributed by atoms with Crippen molar-refractivity contribution < 1.29 is 9.13 Å². The summed E-state index contributed by atoms with van der Waals surface area (Å²) in [6.45, 7) is 6.21. The van der Waals surface area contributed by atoms with Crippen molar-refractivity contribution in [2.24, 2.45) is 5.92 Å². The molecule has 1 heterocycles. The molecule has 1 aliphatic rings. The zero-order valence-corrected chi connectivity index (χ0v) is 10.1. The molecule has 1 aromatic carbocycles. The van der Waals surface area contributed by atoms with Gasteiger partial charge in [-0.3, -0.25) is 0 Å². The zero-order chi connectivity index (χ0) is 12.1. The highest BCUT2D eigenvalue weighted by molar-refractivity contribution is 5.29. The third-order valence-electron chi connectivity index (χ3n) is 2.92. The van der Waals surface area contributed by atoms with Crippen molar-refractivity contribution in [2.45, 2.75) is 13.5 Å². The molecule has 1 fully saturated rings. The third kappa shape index (κ3) is 3.41. The Bertz CT molecular complexity index is 366. The van der Waals surface area contributed by atoms with E-state index in [9.17, 15) is 4.39 Å². The van der Waals surface area contributed by atoms with Crippen LogP contribution in [0.5, 0.6) is 5.75 Å². The lowest BCUT2D eigenvalue weighted by Gasteiger charge is -2.27. The van der Waals surface area contributed by atoms with Gasteiger partial charge in [0.2, 0.25) is 0 Å². The van der Waals surface area contributed by atoms with E-state index < -0.39 is 0 Å². The van der Waals surface area contributed by atoms with Gasteiger partial charge in [0.25, 0.3) is 0 Å². The number of benzene rings is 1. The standard InChI is InChI=1S/C13H19FN2O/c1-2-17-13-4-3-10(5-12(13)14)6-15-7-11-8-16-9-11/h3-5,11,15-16H,2,6-9H2,1H3. The van der Waals surface area contributed by atoms with Crippen molar-refractivity contribution in [2.75, 3.05) is 26.2 Å². The smallest absolute Gasteiger partial charge is 0.165 e. The van der Waals surface area contributed by atoms with Crippen LogP contribution >= 0.6 is 0 Å². The average Bonchev–Trinajstić information content (AvgIpc) is 2.26. The molecule has 2 rings (SSSR count). The van der Waals surface area contributed by atoms with Gasteiger partial charge < -0.3 is 15.4 Å². The zero-order valence-electron chi connectivity index (χ0n) is 10.1. The Hall–Kier alpha value is -1.13. The fourth-order valence-electron chi connectivity index (χ4n) is 1.84. The van der Waals surface area contributed by atoms with Crippen LogP contribution in [0.1, 0.15) is 12.5 Å². The highest BCUT2D eigenvalue weighted by Crippen LogP contribution is 2.18. The maximum Gasteiger partial charge on any atom is 0.165 e. The second kappa shape index (κ2) is 5.98. The molecule has 1 saturated heterocycles. The quantitative estimate of drug-likeness (QED) is 0.788. The Morgan fingerprint density at radius 1 is 1.47 bits per heavy atom. The van der Waals surface area contributed by atoms with Crippen LogP contribution in [0.25, 0.3) is 0 Å². The van der Waals surface area contributed by atoms with Crippen molar-refractivity contribution in [3.8, 4) is 5.75 Å². The van der Waals surface area contributed by atoms with Crippen LogP contribution in [-0.4, -0.2) is 26.2 Å². The monoisotopic (exact) mass is 238 g/mol. The van der Waals surface area contributed by atoms with E-state index in [1.807, 2.05) is 13.0 Å². The summed E-state index contributed by atoms with van der Waals surface area (Å²) in [6.07, 6.45) is 0. The molecule has 0 bridgehead atoms. The molecular formula is C13H19FN2O. The summed E-state index contributed by atoms with van der Waals surface area (Å²) < 4.78 is 18.7. The van der Waals surface area contributed by atoms with Crippen LogP contribution in [0.4, 0.5) is 4.39 Å². The van der Waals surface area contributed by atoms with E-state index in [1.165, 1.54) is 6.07 Å². The molecule has 94 valence electrons. The number of nitrogens with one attached hydrogen (secondary N) is 2. The number of ether oxygens (including phenoxy) is 1. The number of hydrogen-bond donors (Lipinski definition) is 2. The summed E-state index contributed by atoms with van der Waals surface area (Å²) in [5, 5.41) is 6.56. The summed E-state index contributed by atoms with van der Waals surface area (Å²) >= 11 is 0. The molecule has 4 heteroatoms. The first-order chi connectivity index (χ1) is 8.29. The van der Waals surface area contributed by atoms with E-state index >= 15 is 0 Å². The van der Waals surface area contributed by atoms with Crippen LogP contribution < -0.4 is 15.4 Å². The molecule has 1 aliphatic heterocycles. The van der Waals surface area contributed by atoms with Crippen molar-refractivity contribution >= 4 is 0 Å². The molecule has 0 atom stereocenters. The lowest BCUT2D eigenvalue weighted by atomic mass is 10.0. The van der Waals surface area contributed by atoms with Gasteiger partial charge in [0, 0.05) is 26.2 Å². The minimum Gasteiger partial charge on any atom is -0.491 e.